The monoisotopic (exact) mass is 272 g/mol. The molecule has 4 atom stereocenters. The molecule has 4 N–H and O–H groups in total. The molecule has 4 nitrogen and oxygen atoms in total. The van der Waals surface area contributed by atoms with Crippen molar-refractivity contribution in [3.05, 3.63) is 0 Å². The van der Waals surface area contributed by atoms with Gasteiger partial charge in [0, 0.05) is 24.9 Å². The fourth-order valence-electron chi connectivity index (χ4n) is 3.36. The number of carbonyl (C=O) groups is 1. The highest BCUT2D eigenvalue weighted by molar-refractivity contribution is 7.99. The van der Waals surface area contributed by atoms with E-state index in [-0.39, 0.29) is 24.5 Å². The first-order valence-corrected chi connectivity index (χ1v) is 8.11. The zero-order valence-electron chi connectivity index (χ0n) is 10.8. The zero-order chi connectivity index (χ0) is 13.0. The van der Waals surface area contributed by atoms with Crippen molar-refractivity contribution in [2.24, 2.45) is 23.5 Å². The standard InChI is InChI=1S/C13H24N2O2S/c14-12-10-3-2-9(8-10)11(12)13(17)15-4-7-18-6-1-5-16/h9-12,16H,1-8,14H2,(H,15,17). The van der Waals surface area contributed by atoms with Crippen LogP contribution in [0.2, 0.25) is 0 Å². The van der Waals surface area contributed by atoms with Gasteiger partial charge < -0.3 is 16.2 Å². The van der Waals surface area contributed by atoms with Crippen LogP contribution in [-0.2, 0) is 4.79 Å². The Kier molecular flexibility index (Phi) is 5.33. The Balaban J connectivity index is 1.63. The molecule has 2 aliphatic carbocycles. The number of rotatable bonds is 7. The second kappa shape index (κ2) is 6.78. The number of carbonyl (C=O) groups excluding carboxylic acids is 1. The Labute approximate surface area is 113 Å². The molecule has 2 fully saturated rings. The lowest BCUT2D eigenvalue weighted by Crippen LogP contribution is -2.45. The quantitative estimate of drug-likeness (QED) is 0.593. The molecule has 5 heteroatoms. The van der Waals surface area contributed by atoms with E-state index in [0.29, 0.717) is 11.8 Å². The van der Waals surface area contributed by atoms with E-state index in [2.05, 4.69) is 5.32 Å². The van der Waals surface area contributed by atoms with Crippen molar-refractivity contribution >= 4 is 17.7 Å². The number of fused-ring (bicyclic) bond motifs is 2. The first-order chi connectivity index (χ1) is 8.74. The molecule has 2 saturated carbocycles. The van der Waals surface area contributed by atoms with Gasteiger partial charge in [-0.2, -0.15) is 11.8 Å². The van der Waals surface area contributed by atoms with Gasteiger partial charge in [0.1, 0.15) is 0 Å². The summed E-state index contributed by atoms with van der Waals surface area (Å²) in [5, 5.41) is 11.7. The predicted molar refractivity (Wildman–Crippen MR) is 74.3 cm³/mol. The van der Waals surface area contributed by atoms with E-state index in [4.69, 9.17) is 10.8 Å². The van der Waals surface area contributed by atoms with Crippen LogP contribution in [0.5, 0.6) is 0 Å². The van der Waals surface area contributed by atoms with Crippen molar-refractivity contribution in [2.45, 2.75) is 31.7 Å². The van der Waals surface area contributed by atoms with Crippen molar-refractivity contribution in [3.63, 3.8) is 0 Å². The lowest BCUT2D eigenvalue weighted by atomic mass is 9.84. The van der Waals surface area contributed by atoms with Crippen LogP contribution in [0, 0.1) is 17.8 Å². The number of aliphatic hydroxyl groups excluding tert-OH is 1. The minimum absolute atomic E-state index is 0.0613. The number of amides is 1. The molecular formula is C13H24N2O2S. The fraction of sp³-hybridized carbons (Fsp3) is 0.923. The molecular weight excluding hydrogens is 248 g/mol. The Morgan fingerprint density at radius 1 is 1.33 bits per heavy atom. The number of nitrogens with two attached hydrogens (primary N) is 1. The maximum Gasteiger partial charge on any atom is 0.224 e. The van der Waals surface area contributed by atoms with Gasteiger partial charge in [-0.1, -0.05) is 0 Å². The van der Waals surface area contributed by atoms with E-state index >= 15 is 0 Å². The highest BCUT2D eigenvalue weighted by Crippen LogP contribution is 2.47. The lowest BCUT2D eigenvalue weighted by molar-refractivity contribution is -0.126. The third-order valence-electron chi connectivity index (χ3n) is 4.28. The third kappa shape index (κ3) is 3.19. The third-order valence-corrected chi connectivity index (χ3v) is 5.35. The Morgan fingerprint density at radius 3 is 2.78 bits per heavy atom. The van der Waals surface area contributed by atoms with E-state index < -0.39 is 0 Å². The lowest BCUT2D eigenvalue weighted by Gasteiger charge is -2.26. The SMILES string of the molecule is NC1C2CCC(C2)C1C(=O)NCCSCCCO. The molecule has 0 heterocycles. The van der Waals surface area contributed by atoms with Gasteiger partial charge in [-0.15, -0.1) is 0 Å². The number of hydrogen-bond donors (Lipinski definition) is 3. The van der Waals surface area contributed by atoms with Crippen molar-refractivity contribution in [3.8, 4) is 0 Å². The minimum Gasteiger partial charge on any atom is -0.396 e. The highest BCUT2D eigenvalue weighted by atomic mass is 32.2. The van der Waals surface area contributed by atoms with E-state index in [1.54, 1.807) is 11.8 Å². The van der Waals surface area contributed by atoms with Crippen LogP contribution in [0.4, 0.5) is 0 Å². The van der Waals surface area contributed by atoms with E-state index in [9.17, 15) is 4.79 Å². The van der Waals surface area contributed by atoms with Crippen LogP contribution in [0.15, 0.2) is 0 Å². The summed E-state index contributed by atoms with van der Waals surface area (Å²) in [6.45, 7) is 0.967. The average molecular weight is 272 g/mol. The van der Waals surface area contributed by atoms with Crippen LogP contribution < -0.4 is 11.1 Å². The zero-order valence-corrected chi connectivity index (χ0v) is 11.6. The van der Waals surface area contributed by atoms with E-state index in [1.165, 1.54) is 12.8 Å². The topological polar surface area (TPSA) is 75.4 Å². The number of aliphatic hydroxyl groups is 1. The van der Waals surface area contributed by atoms with Crippen molar-refractivity contribution in [1.29, 1.82) is 0 Å². The van der Waals surface area contributed by atoms with Crippen molar-refractivity contribution < 1.29 is 9.90 Å². The summed E-state index contributed by atoms with van der Waals surface area (Å²) in [6, 6.07) is 0.0887. The van der Waals surface area contributed by atoms with Gasteiger partial charge >= 0.3 is 0 Å². The van der Waals surface area contributed by atoms with Crippen LogP contribution in [0.1, 0.15) is 25.7 Å². The van der Waals surface area contributed by atoms with Gasteiger partial charge in [0.05, 0.1) is 5.92 Å². The first kappa shape index (κ1) is 14.2. The Bertz CT molecular complexity index is 286. The summed E-state index contributed by atoms with van der Waals surface area (Å²) < 4.78 is 0. The summed E-state index contributed by atoms with van der Waals surface area (Å²) in [4.78, 5) is 12.1. The Morgan fingerprint density at radius 2 is 2.11 bits per heavy atom. The highest BCUT2D eigenvalue weighted by Gasteiger charge is 2.48. The molecule has 0 aromatic heterocycles. The fourth-order valence-corrected chi connectivity index (χ4v) is 4.14. The molecule has 1 amide bonds. The van der Waals surface area contributed by atoms with E-state index in [0.717, 1.165) is 30.9 Å². The molecule has 2 aliphatic rings. The number of nitrogens with one attached hydrogen (secondary N) is 1. The van der Waals surface area contributed by atoms with Gasteiger partial charge in [-0.25, -0.2) is 0 Å². The molecule has 0 spiro atoms. The summed E-state index contributed by atoms with van der Waals surface area (Å²) >= 11 is 1.77. The second-order valence-corrected chi connectivity index (χ2v) is 6.64. The number of thioether (sulfide) groups is 1. The van der Waals surface area contributed by atoms with Gasteiger partial charge in [-0.3, -0.25) is 4.79 Å². The second-order valence-electron chi connectivity index (χ2n) is 5.42. The summed E-state index contributed by atoms with van der Waals surface area (Å²) in [6.07, 6.45) is 4.38. The van der Waals surface area contributed by atoms with Crippen LogP contribution >= 0.6 is 11.8 Å². The molecule has 0 aromatic carbocycles. The first-order valence-electron chi connectivity index (χ1n) is 6.96. The molecule has 18 heavy (non-hydrogen) atoms. The molecule has 0 aromatic rings. The normalized spacial score (nSPS) is 33.9. The number of hydrogen-bond acceptors (Lipinski definition) is 4. The Hall–Kier alpha value is -0.260. The van der Waals surface area contributed by atoms with Crippen molar-refractivity contribution in [1.82, 2.24) is 5.32 Å². The van der Waals surface area contributed by atoms with Crippen molar-refractivity contribution in [2.75, 3.05) is 24.7 Å². The van der Waals surface area contributed by atoms with Gasteiger partial charge in [0.25, 0.3) is 0 Å². The average Bonchev–Trinajstić information content (AvgIpc) is 2.94. The minimum atomic E-state index is 0.0613. The molecule has 0 saturated heterocycles. The largest absolute Gasteiger partial charge is 0.396 e. The van der Waals surface area contributed by atoms with Gasteiger partial charge in [0.15, 0.2) is 0 Å². The van der Waals surface area contributed by atoms with Crippen LogP contribution in [0.3, 0.4) is 0 Å². The van der Waals surface area contributed by atoms with E-state index in [1.807, 2.05) is 0 Å². The van der Waals surface area contributed by atoms with Gasteiger partial charge in [0.2, 0.25) is 5.91 Å². The molecule has 0 radical (unpaired) electrons. The summed E-state index contributed by atoms with van der Waals surface area (Å²) in [7, 11) is 0. The van der Waals surface area contributed by atoms with Gasteiger partial charge in [-0.05, 0) is 43.3 Å². The van der Waals surface area contributed by atoms with Crippen LogP contribution in [0.25, 0.3) is 0 Å². The van der Waals surface area contributed by atoms with Crippen LogP contribution in [-0.4, -0.2) is 41.7 Å². The molecule has 2 rings (SSSR count). The predicted octanol–water partition coefficient (Wildman–Crippen LogP) is 0.592. The summed E-state index contributed by atoms with van der Waals surface area (Å²) in [5.41, 5.74) is 6.14. The molecule has 104 valence electrons. The smallest absolute Gasteiger partial charge is 0.224 e. The molecule has 2 bridgehead atoms. The summed E-state index contributed by atoms with van der Waals surface area (Å²) in [5.74, 6) is 3.22. The molecule has 4 unspecified atom stereocenters. The molecule has 0 aliphatic heterocycles. The maximum absolute atomic E-state index is 12.1. The maximum atomic E-state index is 12.1.